The minimum absolute atomic E-state index is 0. The molecule has 1 aromatic carbocycles. The highest BCUT2D eigenvalue weighted by atomic mass is 127. The number of hydrogen-bond acceptors (Lipinski definition) is 2. The number of guanidine groups is 1. The zero-order chi connectivity index (χ0) is 17.0. The van der Waals surface area contributed by atoms with Crippen molar-refractivity contribution < 1.29 is 0 Å². The van der Waals surface area contributed by atoms with Crippen LogP contribution in [0, 0.1) is 5.41 Å². The fraction of sp³-hybridized carbons (Fsp3) is 0.650. The maximum absolute atomic E-state index is 5.01. The number of nitrogens with one attached hydrogen (secondary N) is 1. The number of likely N-dealkylation sites (N-methyl/N-ethyl adjacent to an activating group) is 1. The van der Waals surface area contributed by atoms with Crippen molar-refractivity contribution >= 4 is 29.9 Å². The Morgan fingerprint density at radius 1 is 1.24 bits per heavy atom. The molecule has 25 heavy (non-hydrogen) atoms. The third-order valence-corrected chi connectivity index (χ3v) is 5.71. The SMILES string of the molecule is CCNC(=NCC(c1ccccc1)N(C)C)N1CCC2(CCC2)C1.I. The molecule has 0 radical (unpaired) electrons. The van der Waals surface area contributed by atoms with Gasteiger partial charge in [0, 0.05) is 19.6 Å². The summed E-state index contributed by atoms with van der Waals surface area (Å²) in [6.07, 6.45) is 5.58. The van der Waals surface area contributed by atoms with E-state index in [0.29, 0.717) is 11.5 Å². The summed E-state index contributed by atoms with van der Waals surface area (Å²) in [6, 6.07) is 11.0. The fourth-order valence-electron chi connectivity index (χ4n) is 4.04. The third kappa shape index (κ3) is 4.88. The maximum atomic E-state index is 5.01. The second-order valence-electron chi connectivity index (χ2n) is 7.61. The van der Waals surface area contributed by atoms with Gasteiger partial charge in [0.25, 0.3) is 0 Å². The molecule has 1 N–H and O–H groups in total. The first-order valence-corrected chi connectivity index (χ1v) is 9.38. The van der Waals surface area contributed by atoms with Crippen LogP contribution in [0.5, 0.6) is 0 Å². The molecule has 1 aliphatic carbocycles. The normalized spacial score (nSPS) is 20.3. The first-order chi connectivity index (χ1) is 11.6. The predicted octanol–water partition coefficient (Wildman–Crippen LogP) is 3.75. The van der Waals surface area contributed by atoms with Crippen LogP contribution in [0.4, 0.5) is 0 Å². The molecular weight excluding hydrogens is 423 g/mol. The van der Waals surface area contributed by atoms with Gasteiger partial charge in [-0.25, -0.2) is 0 Å². The highest BCUT2D eigenvalue weighted by molar-refractivity contribution is 14.0. The minimum Gasteiger partial charge on any atom is -0.357 e. The molecule has 3 rings (SSSR count). The van der Waals surface area contributed by atoms with Gasteiger partial charge in [0.15, 0.2) is 5.96 Å². The average molecular weight is 456 g/mol. The maximum Gasteiger partial charge on any atom is 0.194 e. The van der Waals surface area contributed by atoms with Crippen LogP contribution in [0.2, 0.25) is 0 Å². The van der Waals surface area contributed by atoms with E-state index in [-0.39, 0.29) is 24.0 Å². The van der Waals surface area contributed by atoms with Crippen molar-refractivity contribution in [1.82, 2.24) is 15.1 Å². The molecule has 1 aliphatic heterocycles. The van der Waals surface area contributed by atoms with Crippen LogP contribution < -0.4 is 5.32 Å². The van der Waals surface area contributed by atoms with Crippen molar-refractivity contribution in [2.24, 2.45) is 10.4 Å². The van der Waals surface area contributed by atoms with Gasteiger partial charge in [-0.3, -0.25) is 4.99 Å². The minimum atomic E-state index is 0. The highest BCUT2D eigenvalue weighted by Crippen LogP contribution is 2.47. The number of nitrogens with zero attached hydrogens (tertiary/aromatic N) is 3. The lowest BCUT2D eigenvalue weighted by Gasteiger charge is -2.38. The summed E-state index contributed by atoms with van der Waals surface area (Å²) in [5.41, 5.74) is 1.94. The zero-order valence-electron chi connectivity index (χ0n) is 15.9. The second kappa shape index (κ2) is 9.21. The molecule has 0 bridgehead atoms. The van der Waals surface area contributed by atoms with Crippen molar-refractivity contribution in [3.8, 4) is 0 Å². The second-order valence-corrected chi connectivity index (χ2v) is 7.61. The summed E-state index contributed by atoms with van der Waals surface area (Å²) in [6.45, 7) is 6.23. The summed E-state index contributed by atoms with van der Waals surface area (Å²) in [7, 11) is 4.28. The zero-order valence-corrected chi connectivity index (χ0v) is 18.2. The summed E-state index contributed by atoms with van der Waals surface area (Å²) < 4.78 is 0. The van der Waals surface area contributed by atoms with Crippen molar-refractivity contribution in [3.05, 3.63) is 35.9 Å². The molecule has 0 aromatic heterocycles. The van der Waals surface area contributed by atoms with Gasteiger partial charge in [0.2, 0.25) is 0 Å². The Morgan fingerprint density at radius 3 is 2.48 bits per heavy atom. The van der Waals surface area contributed by atoms with Gasteiger partial charge in [-0.15, -0.1) is 24.0 Å². The molecule has 2 aliphatic rings. The van der Waals surface area contributed by atoms with Crippen LogP contribution in [0.1, 0.15) is 44.2 Å². The molecule has 1 saturated heterocycles. The summed E-state index contributed by atoms with van der Waals surface area (Å²) in [4.78, 5) is 9.76. The van der Waals surface area contributed by atoms with Crippen molar-refractivity contribution in [1.29, 1.82) is 0 Å². The molecule has 140 valence electrons. The van der Waals surface area contributed by atoms with E-state index in [4.69, 9.17) is 4.99 Å². The van der Waals surface area contributed by atoms with E-state index in [9.17, 15) is 0 Å². The van der Waals surface area contributed by atoms with Crippen molar-refractivity contribution in [2.45, 2.75) is 38.6 Å². The van der Waals surface area contributed by atoms with Crippen LogP contribution >= 0.6 is 24.0 Å². The van der Waals surface area contributed by atoms with Gasteiger partial charge < -0.3 is 15.1 Å². The lowest BCUT2D eigenvalue weighted by atomic mass is 9.68. The largest absolute Gasteiger partial charge is 0.357 e. The number of likely N-dealkylation sites (tertiary alicyclic amines) is 1. The molecule has 1 aromatic rings. The Bertz CT molecular complexity index is 554. The Balaban J connectivity index is 0.00000225. The average Bonchev–Trinajstić information content (AvgIpc) is 3.00. The lowest BCUT2D eigenvalue weighted by molar-refractivity contribution is 0.151. The number of benzene rings is 1. The molecule has 1 unspecified atom stereocenters. The van der Waals surface area contributed by atoms with Gasteiger partial charge >= 0.3 is 0 Å². The van der Waals surface area contributed by atoms with E-state index in [0.717, 1.165) is 25.6 Å². The van der Waals surface area contributed by atoms with Crippen molar-refractivity contribution in [3.63, 3.8) is 0 Å². The molecule has 2 fully saturated rings. The topological polar surface area (TPSA) is 30.9 Å². The Labute approximate surface area is 170 Å². The predicted molar refractivity (Wildman–Crippen MR) is 117 cm³/mol. The monoisotopic (exact) mass is 456 g/mol. The molecule has 5 heteroatoms. The van der Waals surface area contributed by atoms with Gasteiger partial charge in [-0.2, -0.15) is 0 Å². The molecule has 0 amide bonds. The number of halogens is 1. The Morgan fingerprint density at radius 2 is 1.96 bits per heavy atom. The van der Waals surface area contributed by atoms with Crippen molar-refractivity contribution in [2.75, 3.05) is 40.3 Å². The molecule has 1 atom stereocenters. The molecule has 1 heterocycles. The van der Waals surface area contributed by atoms with E-state index in [2.05, 4.69) is 66.5 Å². The van der Waals surface area contributed by atoms with E-state index in [1.165, 1.54) is 37.8 Å². The number of rotatable bonds is 5. The first-order valence-electron chi connectivity index (χ1n) is 9.38. The van der Waals surface area contributed by atoms with Crippen LogP contribution in [0.3, 0.4) is 0 Å². The smallest absolute Gasteiger partial charge is 0.194 e. The highest BCUT2D eigenvalue weighted by Gasteiger charge is 2.43. The number of aliphatic imine (C=N–C) groups is 1. The van der Waals surface area contributed by atoms with Crippen LogP contribution in [-0.4, -0.2) is 56.0 Å². The van der Waals surface area contributed by atoms with E-state index >= 15 is 0 Å². The van der Waals surface area contributed by atoms with Gasteiger partial charge in [0.05, 0.1) is 12.6 Å². The summed E-state index contributed by atoms with van der Waals surface area (Å²) >= 11 is 0. The molecule has 1 spiro atoms. The number of hydrogen-bond donors (Lipinski definition) is 1. The van der Waals surface area contributed by atoms with E-state index < -0.39 is 0 Å². The van der Waals surface area contributed by atoms with E-state index in [1.54, 1.807) is 0 Å². The quantitative estimate of drug-likeness (QED) is 0.416. The molecule has 1 saturated carbocycles. The van der Waals surface area contributed by atoms with Gasteiger partial charge in [-0.1, -0.05) is 36.8 Å². The van der Waals surface area contributed by atoms with Crippen LogP contribution in [-0.2, 0) is 0 Å². The summed E-state index contributed by atoms with van der Waals surface area (Å²) in [5.74, 6) is 1.10. The molecule has 4 nitrogen and oxygen atoms in total. The van der Waals surface area contributed by atoms with Crippen LogP contribution in [0.15, 0.2) is 35.3 Å². The standard InChI is InChI=1S/C20H32N4.HI/c1-4-21-19(24-14-13-20(16-24)11-8-12-20)22-15-18(23(2)3)17-9-6-5-7-10-17;/h5-7,9-10,18H,4,8,11-16H2,1-3H3,(H,21,22);1H. The fourth-order valence-corrected chi connectivity index (χ4v) is 4.04. The van der Waals surface area contributed by atoms with Gasteiger partial charge in [0.1, 0.15) is 0 Å². The Kier molecular flexibility index (Phi) is 7.55. The van der Waals surface area contributed by atoms with Crippen LogP contribution in [0.25, 0.3) is 0 Å². The Hall–Kier alpha value is -0.820. The summed E-state index contributed by atoms with van der Waals surface area (Å²) in [5, 5.41) is 3.51. The van der Waals surface area contributed by atoms with Gasteiger partial charge in [-0.05, 0) is 51.3 Å². The molecular formula is C20H33IN4. The lowest BCUT2D eigenvalue weighted by Crippen LogP contribution is -2.43. The first kappa shape index (κ1) is 20.5. The van der Waals surface area contributed by atoms with E-state index in [1.807, 2.05) is 0 Å². The third-order valence-electron chi connectivity index (χ3n) is 5.71.